The highest BCUT2D eigenvalue weighted by Crippen LogP contribution is 2.27. The fraction of sp³-hybridized carbons (Fsp3) is 0.533. The molecule has 0 saturated carbocycles. The van der Waals surface area contributed by atoms with Crippen LogP contribution >= 0.6 is 11.6 Å². The van der Waals surface area contributed by atoms with E-state index in [1.807, 2.05) is 18.2 Å². The van der Waals surface area contributed by atoms with Crippen molar-refractivity contribution in [1.29, 1.82) is 0 Å². The van der Waals surface area contributed by atoms with Crippen molar-refractivity contribution >= 4 is 22.6 Å². The second-order valence-electron chi connectivity index (χ2n) is 5.34. The van der Waals surface area contributed by atoms with Crippen LogP contribution in [0, 0.1) is 0 Å². The molecule has 1 aromatic heterocycles. The molecule has 0 saturated heterocycles. The topological polar surface area (TPSA) is 36.3 Å². The molecule has 0 N–H and O–H groups in total. The Balaban J connectivity index is 2.57. The van der Waals surface area contributed by atoms with Crippen molar-refractivity contribution in [3.8, 4) is 5.75 Å². The van der Waals surface area contributed by atoms with Gasteiger partial charge in [0.1, 0.15) is 17.1 Å². The van der Waals surface area contributed by atoms with Crippen molar-refractivity contribution in [1.82, 2.24) is 9.55 Å². The number of nitrogens with zero attached hydrogens (tertiary/aromatic N) is 2. The summed E-state index contributed by atoms with van der Waals surface area (Å²) in [5, 5.41) is 0. The van der Waals surface area contributed by atoms with E-state index in [9.17, 15) is 0 Å². The number of imidazole rings is 1. The molecule has 2 aromatic rings. The van der Waals surface area contributed by atoms with Gasteiger partial charge in [-0.05, 0) is 26.0 Å². The Morgan fingerprint density at radius 2 is 2.05 bits per heavy atom. The fourth-order valence-electron chi connectivity index (χ4n) is 2.23. The van der Waals surface area contributed by atoms with Crippen molar-refractivity contribution < 1.29 is 9.47 Å². The zero-order valence-corrected chi connectivity index (χ0v) is 13.2. The van der Waals surface area contributed by atoms with E-state index in [1.54, 1.807) is 14.2 Å². The van der Waals surface area contributed by atoms with Gasteiger partial charge in [0.05, 0.1) is 24.8 Å². The molecule has 2 rings (SSSR count). The van der Waals surface area contributed by atoms with E-state index in [1.165, 1.54) is 0 Å². The third-order valence-corrected chi connectivity index (χ3v) is 3.64. The number of alkyl halides is 1. The molecular formula is C15H21ClN2O2. The van der Waals surface area contributed by atoms with Gasteiger partial charge in [-0.1, -0.05) is 6.07 Å². The Labute approximate surface area is 124 Å². The number of benzene rings is 1. The normalized spacial score (nSPS) is 12.1. The van der Waals surface area contributed by atoms with E-state index in [0.29, 0.717) is 5.88 Å². The molecule has 0 amide bonds. The maximum atomic E-state index is 5.90. The molecule has 4 nitrogen and oxygen atoms in total. The van der Waals surface area contributed by atoms with Crippen LogP contribution in [0.15, 0.2) is 18.2 Å². The van der Waals surface area contributed by atoms with Crippen molar-refractivity contribution in [2.75, 3.05) is 20.1 Å². The van der Waals surface area contributed by atoms with Gasteiger partial charge in [0.2, 0.25) is 0 Å². The quantitative estimate of drug-likeness (QED) is 0.768. The summed E-state index contributed by atoms with van der Waals surface area (Å²) in [5.74, 6) is 2.29. The van der Waals surface area contributed by atoms with Gasteiger partial charge in [-0.2, -0.15) is 0 Å². The maximum absolute atomic E-state index is 5.90. The number of aromatic nitrogens is 2. The van der Waals surface area contributed by atoms with Crippen molar-refractivity contribution in [2.45, 2.75) is 32.4 Å². The number of halogens is 1. The fourth-order valence-corrected chi connectivity index (χ4v) is 2.40. The van der Waals surface area contributed by atoms with Crippen LogP contribution < -0.4 is 4.74 Å². The largest absolute Gasteiger partial charge is 0.494 e. The molecule has 0 unspecified atom stereocenters. The van der Waals surface area contributed by atoms with Gasteiger partial charge < -0.3 is 14.0 Å². The third kappa shape index (κ3) is 2.91. The lowest BCUT2D eigenvalue weighted by atomic mass is 10.1. The van der Waals surface area contributed by atoms with E-state index in [4.69, 9.17) is 21.1 Å². The van der Waals surface area contributed by atoms with Crippen LogP contribution in [0.4, 0.5) is 0 Å². The molecule has 0 spiro atoms. The first-order valence-electron chi connectivity index (χ1n) is 6.65. The molecule has 0 aliphatic heterocycles. The first-order chi connectivity index (χ1) is 9.52. The minimum atomic E-state index is -0.266. The Hall–Kier alpha value is -1.26. The minimum absolute atomic E-state index is 0.266. The van der Waals surface area contributed by atoms with Crippen LogP contribution in [0.3, 0.4) is 0 Å². The van der Waals surface area contributed by atoms with Crippen LogP contribution in [0.2, 0.25) is 0 Å². The number of rotatable bonds is 6. The SMILES string of the molecule is COc1cccc2c1nc(CCCl)n2CC(C)(C)OC. The van der Waals surface area contributed by atoms with Gasteiger partial charge in [0.25, 0.3) is 0 Å². The van der Waals surface area contributed by atoms with E-state index in [0.717, 1.165) is 35.6 Å². The molecular weight excluding hydrogens is 276 g/mol. The smallest absolute Gasteiger partial charge is 0.146 e. The van der Waals surface area contributed by atoms with Gasteiger partial charge in [0.15, 0.2) is 0 Å². The standard InChI is InChI=1S/C15H21ClN2O2/c1-15(2,20-4)10-18-11-6-5-7-12(19-3)14(11)17-13(18)8-9-16/h5-7H,8-10H2,1-4H3. The summed E-state index contributed by atoms with van der Waals surface area (Å²) < 4.78 is 13.1. The zero-order chi connectivity index (χ0) is 14.8. The van der Waals surface area contributed by atoms with Crippen molar-refractivity contribution in [3.63, 3.8) is 0 Å². The van der Waals surface area contributed by atoms with Crippen LogP contribution in [0.5, 0.6) is 5.75 Å². The lowest BCUT2D eigenvalue weighted by molar-refractivity contribution is 0.00846. The van der Waals surface area contributed by atoms with Gasteiger partial charge in [-0.25, -0.2) is 4.98 Å². The van der Waals surface area contributed by atoms with Crippen molar-refractivity contribution in [3.05, 3.63) is 24.0 Å². The summed E-state index contributed by atoms with van der Waals surface area (Å²) in [7, 11) is 3.38. The summed E-state index contributed by atoms with van der Waals surface area (Å²) >= 11 is 5.90. The predicted octanol–water partition coefficient (Wildman–Crippen LogP) is 3.25. The van der Waals surface area contributed by atoms with Crippen LogP contribution in [-0.2, 0) is 17.7 Å². The number of aryl methyl sites for hydroxylation is 1. The van der Waals surface area contributed by atoms with Gasteiger partial charge in [-0.3, -0.25) is 0 Å². The summed E-state index contributed by atoms with van der Waals surface area (Å²) in [6.07, 6.45) is 0.721. The number of fused-ring (bicyclic) bond motifs is 1. The molecule has 20 heavy (non-hydrogen) atoms. The molecule has 0 aliphatic rings. The molecule has 0 aliphatic carbocycles. The second kappa shape index (κ2) is 6.02. The second-order valence-corrected chi connectivity index (χ2v) is 5.72. The number of methoxy groups -OCH3 is 2. The number of para-hydroxylation sites is 1. The highest BCUT2D eigenvalue weighted by molar-refractivity contribution is 6.17. The van der Waals surface area contributed by atoms with E-state index in [-0.39, 0.29) is 5.60 Å². The molecule has 0 bridgehead atoms. The van der Waals surface area contributed by atoms with Crippen LogP contribution in [0.25, 0.3) is 11.0 Å². The molecule has 5 heteroatoms. The third-order valence-electron chi connectivity index (χ3n) is 3.45. The van der Waals surface area contributed by atoms with E-state index < -0.39 is 0 Å². The Kier molecular flexibility index (Phi) is 4.55. The summed E-state index contributed by atoms with van der Waals surface area (Å²) in [6, 6.07) is 5.95. The highest BCUT2D eigenvalue weighted by Gasteiger charge is 2.22. The molecule has 0 atom stereocenters. The number of ether oxygens (including phenoxy) is 2. The molecule has 1 heterocycles. The summed E-state index contributed by atoms with van der Waals surface area (Å²) in [4.78, 5) is 4.69. The van der Waals surface area contributed by atoms with E-state index >= 15 is 0 Å². The summed E-state index contributed by atoms with van der Waals surface area (Å²) in [6.45, 7) is 4.84. The first kappa shape index (κ1) is 15.1. The van der Waals surface area contributed by atoms with Crippen molar-refractivity contribution in [2.24, 2.45) is 0 Å². The number of hydrogen-bond donors (Lipinski definition) is 0. The highest BCUT2D eigenvalue weighted by atomic mass is 35.5. The average Bonchev–Trinajstić information content (AvgIpc) is 2.77. The maximum Gasteiger partial charge on any atom is 0.146 e. The van der Waals surface area contributed by atoms with Crippen LogP contribution in [0.1, 0.15) is 19.7 Å². The molecule has 0 fully saturated rings. The lowest BCUT2D eigenvalue weighted by Crippen LogP contribution is -2.29. The average molecular weight is 297 g/mol. The predicted molar refractivity (Wildman–Crippen MR) is 81.8 cm³/mol. The molecule has 110 valence electrons. The zero-order valence-electron chi connectivity index (χ0n) is 12.4. The lowest BCUT2D eigenvalue weighted by Gasteiger charge is -2.24. The minimum Gasteiger partial charge on any atom is -0.494 e. The Bertz CT molecular complexity index is 593. The molecule has 1 aromatic carbocycles. The first-order valence-corrected chi connectivity index (χ1v) is 7.19. The number of hydrogen-bond acceptors (Lipinski definition) is 3. The van der Waals surface area contributed by atoms with Gasteiger partial charge in [0, 0.05) is 19.4 Å². The summed E-state index contributed by atoms with van der Waals surface area (Å²) in [5.41, 5.74) is 1.66. The van der Waals surface area contributed by atoms with Crippen LogP contribution in [-0.4, -0.2) is 35.3 Å². The Morgan fingerprint density at radius 3 is 2.65 bits per heavy atom. The van der Waals surface area contributed by atoms with Gasteiger partial charge >= 0.3 is 0 Å². The van der Waals surface area contributed by atoms with Gasteiger partial charge in [-0.15, -0.1) is 11.6 Å². The Morgan fingerprint density at radius 1 is 1.30 bits per heavy atom. The van der Waals surface area contributed by atoms with E-state index in [2.05, 4.69) is 23.4 Å². The molecule has 0 radical (unpaired) electrons. The monoisotopic (exact) mass is 296 g/mol.